The molecule has 0 aliphatic carbocycles. The van der Waals surface area contributed by atoms with Crippen LogP contribution in [0.15, 0.2) is 12.1 Å². The van der Waals surface area contributed by atoms with Gasteiger partial charge in [0.05, 0.1) is 0 Å². The first kappa shape index (κ1) is 8.80. The van der Waals surface area contributed by atoms with Crippen LogP contribution in [0.4, 0.5) is 4.39 Å². The minimum Gasteiger partial charge on any atom is -0.504 e. The summed E-state index contributed by atoms with van der Waals surface area (Å²) < 4.78 is 12.6. The molecule has 64 valence electrons. The van der Waals surface area contributed by atoms with Crippen LogP contribution in [0.1, 0.15) is 10.4 Å². The van der Waals surface area contributed by atoms with Crippen LogP contribution in [0.25, 0.3) is 0 Å². The topological polar surface area (TPSA) is 57.5 Å². The summed E-state index contributed by atoms with van der Waals surface area (Å²) in [4.78, 5) is 10.5. The van der Waals surface area contributed by atoms with Crippen molar-refractivity contribution in [3.63, 3.8) is 0 Å². The highest BCUT2D eigenvalue weighted by atomic mass is 35.5. The van der Waals surface area contributed by atoms with Gasteiger partial charge in [-0.25, -0.2) is 4.39 Å². The highest BCUT2D eigenvalue weighted by Crippen LogP contribution is 2.29. The highest BCUT2D eigenvalue weighted by Gasteiger charge is 2.11. The van der Waals surface area contributed by atoms with Gasteiger partial charge in [-0.2, -0.15) is 0 Å². The van der Waals surface area contributed by atoms with Crippen molar-refractivity contribution in [2.75, 3.05) is 0 Å². The van der Waals surface area contributed by atoms with Crippen molar-refractivity contribution in [2.24, 2.45) is 0 Å². The molecule has 3 nitrogen and oxygen atoms in total. The van der Waals surface area contributed by atoms with Gasteiger partial charge in [-0.05, 0) is 23.7 Å². The third-order valence-electron chi connectivity index (χ3n) is 1.27. The Morgan fingerprint density at radius 2 is 2.00 bits per heavy atom. The predicted molar refractivity (Wildman–Crippen MR) is 39.9 cm³/mol. The van der Waals surface area contributed by atoms with Crippen LogP contribution in [0.3, 0.4) is 0 Å². The molecule has 0 spiro atoms. The molecule has 0 radical (unpaired) electrons. The van der Waals surface area contributed by atoms with Gasteiger partial charge in [0.25, 0.3) is 5.24 Å². The van der Waals surface area contributed by atoms with Gasteiger partial charge in [0.15, 0.2) is 17.3 Å². The Labute approximate surface area is 72.0 Å². The molecule has 0 saturated heterocycles. The second-order valence-corrected chi connectivity index (χ2v) is 2.44. The van der Waals surface area contributed by atoms with Crippen LogP contribution in [-0.4, -0.2) is 15.5 Å². The lowest BCUT2D eigenvalue weighted by atomic mass is 10.2. The number of aromatic hydroxyl groups is 2. The van der Waals surface area contributed by atoms with E-state index in [1.165, 1.54) is 0 Å². The summed E-state index contributed by atoms with van der Waals surface area (Å²) in [7, 11) is 0. The summed E-state index contributed by atoms with van der Waals surface area (Å²) in [5.74, 6) is -2.69. The van der Waals surface area contributed by atoms with E-state index in [1.807, 2.05) is 0 Å². The molecule has 0 aliphatic heterocycles. The van der Waals surface area contributed by atoms with Crippen LogP contribution in [0, 0.1) is 5.82 Å². The van der Waals surface area contributed by atoms with Crippen LogP contribution in [0.2, 0.25) is 0 Å². The summed E-state index contributed by atoms with van der Waals surface area (Å²) in [6.45, 7) is 0. The molecule has 0 heterocycles. The van der Waals surface area contributed by atoms with Crippen LogP contribution in [-0.2, 0) is 0 Å². The maximum absolute atomic E-state index is 12.6. The molecule has 1 rings (SSSR count). The number of phenolic OH excluding ortho intramolecular Hbond substituents is 2. The quantitative estimate of drug-likeness (QED) is 0.523. The van der Waals surface area contributed by atoms with Gasteiger partial charge in [0, 0.05) is 5.56 Å². The standard InChI is InChI=1S/C7H4ClFO3/c8-7(12)3-1-4(9)6(11)5(10)2-3/h1-2,10-11H. The smallest absolute Gasteiger partial charge is 0.252 e. The van der Waals surface area contributed by atoms with Crippen LogP contribution >= 0.6 is 11.6 Å². The molecule has 1 aromatic rings. The fourth-order valence-electron chi connectivity index (χ4n) is 0.698. The molecule has 5 heteroatoms. The molecule has 0 fully saturated rings. The monoisotopic (exact) mass is 190 g/mol. The lowest BCUT2D eigenvalue weighted by molar-refractivity contribution is 0.108. The number of halogens is 2. The Bertz CT molecular complexity index is 314. The molecular weight excluding hydrogens is 187 g/mol. The minimum atomic E-state index is -1.08. The zero-order chi connectivity index (χ0) is 9.30. The zero-order valence-electron chi connectivity index (χ0n) is 5.71. The summed E-state index contributed by atoms with van der Waals surface area (Å²) in [5, 5.41) is 16.7. The Morgan fingerprint density at radius 1 is 1.42 bits per heavy atom. The third-order valence-corrected chi connectivity index (χ3v) is 1.49. The molecule has 2 N–H and O–H groups in total. The lowest BCUT2D eigenvalue weighted by Gasteiger charge is -1.99. The number of benzene rings is 1. The lowest BCUT2D eigenvalue weighted by Crippen LogP contribution is -1.90. The normalized spacial score (nSPS) is 9.83. The Morgan fingerprint density at radius 3 is 2.42 bits per heavy atom. The van der Waals surface area contributed by atoms with Crippen molar-refractivity contribution in [1.82, 2.24) is 0 Å². The fraction of sp³-hybridized carbons (Fsp3) is 0. The largest absolute Gasteiger partial charge is 0.504 e. The summed E-state index contributed by atoms with van der Waals surface area (Å²) in [5.41, 5.74) is -0.204. The Hall–Kier alpha value is -1.29. The molecule has 12 heavy (non-hydrogen) atoms. The van der Waals surface area contributed by atoms with Gasteiger partial charge in [0.1, 0.15) is 0 Å². The number of hydrogen-bond acceptors (Lipinski definition) is 3. The summed E-state index contributed by atoms with van der Waals surface area (Å²) in [6, 6.07) is 1.62. The fourth-order valence-corrected chi connectivity index (χ4v) is 0.807. The molecule has 0 saturated carbocycles. The molecule has 0 aromatic heterocycles. The van der Waals surface area contributed by atoms with Gasteiger partial charge in [0.2, 0.25) is 0 Å². The van der Waals surface area contributed by atoms with E-state index in [4.69, 9.17) is 21.8 Å². The number of phenols is 2. The van der Waals surface area contributed by atoms with Gasteiger partial charge in [-0.15, -0.1) is 0 Å². The molecule has 0 amide bonds. The van der Waals surface area contributed by atoms with Crippen LogP contribution < -0.4 is 0 Å². The average molecular weight is 191 g/mol. The predicted octanol–water partition coefficient (Wildman–Crippen LogP) is 1.62. The molecular formula is C7H4ClFO3. The van der Waals surface area contributed by atoms with E-state index in [-0.39, 0.29) is 5.56 Å². The van der Waals surface area contributed by atoms with E-state index in [0.717, 1.165) is 12.1 Å². The summed E-state index contributed by atoms with van der Waals surface area (Å²) >= 11 is 5.00. The number of rotatable bonds is 1. The molecule has 0 aliphatic rings. The first-order valence-electron chi connectivity index (χ1n) is 2.93. The van der Waals surface area contributed by atoms with E-state index in [1.54, 1.807) is 0 Å². The molecule has 0 atom stereocenters. The van der Waals surface area contributed by atoms with E-state index < -0.39 is 22.6 Å². The Balaban J connectivity index is 3.31. The minimum absolute atomic E-state index is 0.204. The number of carbonyl (C=O) groups excluding carboxylic acids is 1. The van der Waals surface area contributed by atoms with Crippen molar-refractivity contribution in [3.8, 4) is 11.5 Å². The van der Waals surface area contributed by atoms with Crippen molar-refractivity contribution >= 4 is 16.8 Å². The van der Waals surface area contributed by atoms with E-state index in [9.17, 15) is 9.18 Å². The summed E-state index contributed by atoms with van der Waals surface area (Å²) in [6.07, 6.45) is 0. The Kier molecular flexibility index (Phi) is 2.19. The van der Waals surface area contributed by atoms with Gasteiger partial charge < -0.3 is 10.2 Å². The van der Waals surface area contributed by atoms with Gasteiger partial charge >= 0.3 is 0 Å². The van der Waals surface area contributed by atoms with Crippen molar-refractivity contribution in [3.05, 3.63) is 23.5 Å². The van der Waals surface area contributed by atoms with E-state index in [2.05, 4.69) is 0 Å². The van der Waals surface area contributed by atoms with Gasteiger partial charge in [-0.1, -0.05) is 0 Å². The maximum Gasteiger partial charge on any atom is 0.252 e. The number of hydrogen-bond donors (Lipinski definition) is 2. The molecule has 0 bridgehead atoms. The number of carbonyl (C=O) groups is 1. The third kappa shape index (κ3) is 1.48. The maximum atomic E-state index is 12.6. The SMILES string of the molecule is O=C(Cl)c1cc(O)c(O)c(F)c1. The second-order valence-electron chi connectivity index (χ2n) is 2.10. The molecule has 0 unspecified atom stereocenters. The van der Waals surface area contributed by atoms with Gasteiger partial charge in [-0.3, -0.25) is 4.79 Å². The first-order chi connectivity index (χ1) is 5.52. The van der Waals surface area contributed by atoms with E-state index >= 15 is 0 Å². The van der Waals surface area contributed by atoms with Crippen molar-refractivity contribution < 1.29 is 19.4 Å². The zero-order valence-corrected chi connectivity index (χ0v) is 6.47. The van der Waals surface area contributed by atoms with E-state index in [0.29, 0.717) is 0 Å². The van der Waals surface area contributed by atoms with Crippen molar-refractivity contribution in [1.29, 1.82) is 0 Å². The average Bonchev–Trinajstić information content (AvgIpc) is 1.99. The van der Waals surface area contributed by atoms with Crippen molar-refractivity contribution in [2.45, 2.75) is 0 Å². The second kappa shape index (κ2) is 2.98. The first-order valence-corrected chi connectivity index (χ1v) is 3.31. The highest BCUT2D eigenvalue weighted by molar-refractivity contribution is 6.67. The van der Waals surface area contributed by atoms with Crippen LogP contribution in [0.5, 0.6) is 11.5 Å². The molecule has 1 aromatic carbocycles.